The number of nitrogens with one attached hydrogen (secondary N) is 1. The molecule has 4 heteroatoms. The zero-order valence-corrected chi connectivity index (χ0v) is 11.6. The smallest absolute Gasteiger partial charge is 0.0746 e. The quantitative estimate of drug-likeness (QED) is 0.772. The van der Waals surface area contributed by atoms with E-state index < -0.39 is 0 Å². The normalized spacial score (nSPS) is 11.1. The van der Waals surface area contributed by atoms with Gasteiger partial charge in [-0.1, -0.05) is 24.3 Å². The number of para-hydroxylation sites is 1. The molecule has 0 spiro atoms. The Hall–Kier alpha value is -2.20. The second-order valence-corrected chi connectivity index (χ2v) is 4.80. The summed E-state index contributed by atoms with van der Waals surface area (Å²) in [7, 11) is 0. The van der Waals surface area contributed by atoms with Gasteiger partial charge in [-0.2, -0.15) is 5.10 Å². The van der Waals surface area contributed by atoms with Gasteiger partial charge in [-0.3, -0.25) is 9.67 Å². The third-order valence-electron chi connectivity index (χ3n) is 3.37. The standard InChI is InChI=1S/C16H18N4/c1-2-20-12-13(10-19-20)9-17-11-15-6-3-5-14-7-4-8-18-16(14)15/h3-8,10,12,17H,2,9,11H2,1H3. The van der Waals surface area contributed by atoms with E-state index in [4.69, 9.17) is 0 Å². The molecule has 4 nitrogen and oxygen atoms in total. The first kappa shape index (κ1) is 12.8. The first-order chi connectivity index (χ1) is 9.86. The van der Waals surface area contributed by atoms with Gasteiger partial charge < -0.3 is 5.32 Å². The Labute approximate surface area is 118 Å². The van der Waals surface area contributed by atoms with Crippen LogP contribution in [0.25, 0.3) is 10.9 Å². The molecule has 3 rings (SSSR count). The lowest BCUT2D eigenvalue weighted by atomic mass is 10.1. The second-order valence-electron chi connectivity index (χ2n) is 4.80. The van der Waals surface area contributed by atoms with Crippen LogP contribution in [-0.2, 0) is 19.6 Å². The van der Waals surface area contributed by atoms with Crippen molar-refractivity contribution in [2.45, 2.75) is 26.6 Å². The molecular weight excluding hydrogens is 248 g/mol. The predicted octanol–water partition coefficient (Wildman–Crippen LogP) is 2.74. The highest BCUT2D eigenvalue weighted by molar-refractivity contribution is 5.81. The van der Waals surface area contributed by atoms with Crippen molar-refractivity contribution in [3.63, 3.8) is 0 Å². The van der Waals surface area contributed by atoms with Crippen LogP contribution in [0.4, 0.5) is 0 Å². The molecule has 0 amide bonds. The molecule has 0 saturated heterocycles. The first-order valence-electron chi connectivity index (χ1n) is 6.91. The molecular formula is C16H18N4. The highest BCUT2D eigenvalue weighted by Crippen LogP contribution is 2.15. The average Bonchev–Trinajstić information content (AvgIpc) is 2.95. The number of nitrogens with zero attached hydrogens (tertiary/aromatic N) is 3. The average molecular weight is 266 g/mol. The van der Waals surface area contributed by atoms with Gasteiger partial charge in [0, 0.05) is 43.0 Å². The van der Waals surface area contributed by atoms with Crippen molar-refractivity contribution in [2.75, 3.05) is 0 Å². The van der Waals surface area contributed by atoms with Gasteiger partial charge in [-0.15, -0.1) is 0 Å². The van der Waals surface area contributed by atoms with Crippen LogP contribution in [0.2, 0.25) is 0 Å². The molecule has 0 saturated carbocycles. The van der Waals surface area contributed by atoms with Crippen LogP contribution in [0.5, 0.6) is 0 Å². The number of benzene rings is 1. The third kappa shape index (κ3) is 2.70. The molecule has 20 heavy (non-hydrogen) atoms. The molecule has 1 aromatic carbocycles. The van der Waals surface area contributed by atoms with Crippen LogP contribution in [0.15, 0.2) is 48.9 Å². The number of fused-ring (bicyclic) bond motifs is 1. The Bertz CT molecular complexity index is 697. The van der Waals surface area contributed by atoms with Gasteiger partial charge in [0.05, 0.1) is 11.7 Å². The maximum absolute atomic E-state index is 4.47. The number of aromatic nitrogens is 3. The van der Waals surface area contributed by atoms with Crippen molar-refractivity contribution in [1.29, 1.82) is 0 Å². The summed E-state index contributed by atoms with van der Waals surface area (Å²) in [6, 6.07) is 10.4. The minimum absolute atomic E-state index is 0.811. The van der Waals surface area contributed by atoms with E-state index in [1.807, 2.05) is 23.1 Å². The summed E-state index contributed by atoms with van der Waals surface area (Å²) in [6.07, 6.45) is 5.84. The number of pyridine rings is 1. The summed E-state index contributed by atoms with van der Waals surface area (Å²) in [4.78, 5) is 4.47. The zero-order chi connectivity index (χ0) is 13.8. The molecule has 3 aromatic rings. The maximum atomic E-state index is 4.47. The molecule has 102 valence electrons. The fourth-order valence-corrected chi connectivity index (χ4v) is 2.32. The van der Waals surface area contributed by atoms with Crippen molar-refractivity contribution < 1.29 is 0 Å². The van der Waals surface area contributed by atoms with Crippen LogP contribution in [0.3, 0.4) is 0 Å². The predicted molar refractivity (Wildman–Crippen MR) is 80.2 cm³/mol. The van der Waals surface area contributed by atoms with Crippen LogP contribution < -0.4 is 5.32 Å². The molecule has 1 N–H and O–H groups in total. The van der Waals surface area contributed by atoms with Gasteiger partial charge in [-0.25, -0.2) is 0 Å². The van der Waals surface area contributed by atoms with E-state index in [0.29, 0.717) is 0 Å². The molecule has 0 aliphatic carbocycles. The summed E-state index contributed by atoms with van der Waals surface area (Å²) in [5.74, 6) is 0. The largest absolute Gasteiger partial charge is 0.308 e. The number of aryl methyl sites for hydroxylation is 1. The van der Waals surface area contributed by atoms with Gasteiger partial charge >= 0.3 is 0 Å². The fraction of sp³-hybridized carbons (Fsp3) is 0.250. The van der Waals surface area contributed by atoms with Crippen LogP contribution in [-0.4, -0.2) is 14.8 Å². The Morgan fingerprint density at radius 1 is 1.15 bits per heavy atom. The van der Waals surface area contributed by atoms with Crippen molar-refractivity contribution in [3.05, 3.63) is 60.0 Å². The van der Waals surface area contributed by atoms with Crippen molar-refractivity contribution in [3.8, 4) is 0 Å². The molecule has 0 atom stereocenters. The molecule has 0 fully saturated rings. The Morgan fingerprint density at radius 2 is 2.05 bits per heavy atom. The molecule has 0 bridgehead atoms. The van der Waals surface area contributed by atoms with Gasteiger partial charge in [0.25, 0.3) is 0 Å². The van der Waals surface area contributed by atoms with E-state index in [2.05, 4.69) is 52.8 Å². The lowest BCUT2D eigenvalue weighted by Gasteiger charge is -2.06. The SMILES string of the molecule is CCn1cc(CNCc2cccc3cccnc23)cn1. The third-order valence-corrected chi connectivity index (χ3v) is 3.37. The molecule has 0 aliphatic heterocycles. The van der Waals surface area contributed by atoms with Gasteiger partial charge in [0.15, 0.2) is 0 Å². The zero-order valence-electron chi connectivity index (χ0n) is 11.6. The number of rotatable bonds is 5. The summed E-state index contributed by atoms with van der Waals surface area (Å²) >= 11 is 0. The molecule has 2 heterocycles. The van der Waals surface area contributed by atoms with E-state index in [1.54, 1.807) is 0 Å². The van der Waals surface area contributed by atoms with Crippen molar-refractivity contribution in [1.82, 2.24) is 20.1 Å². The van der Waals surface area contributed by atoms with E-state index in [1.165, 1.54) is 16.5 Å². The second kappa shape index (κ2) is 5.84. The number of hydrogen-bond acceptors (Lipinski definition) is 3. The minimum Gasteiger partial charge on any atom is -0.308 e. The summed E-state index contributed by atoms with van der Waals surface area (Å²) in [6.45, 7) is 4.63. The van der Waals surface area contributed by atoms with Gasteiger partial charge in [-0.05, 0) is 18.6 Å². The highest BCUT2D eigenvalue weighted by Gasteiger charge is 2.02. The summed E-state index contributed by atoms with van der Waals surface area (Å²) in [5, 5.41) is 8.91. The Kier molecular flexibility index (Phi) is 3.74. The van der Waals surface area contributed by atoms with Crippen molar-refractivity contribution >= 4 is 10.9 Å². The molecule has 0 aliphatic rings. The van der Waals surface area contributed by atoms with Crippen molar-refractivity contribution in [2.24, 2.45) is 0 Å². The van der Waals surface area contributed by atoms with Crippen LogP contribution in [0, 0.1) is 0 Å². The topological polar surface area (TPSA) is 42.7 Å². The lowest BCUT2D eigenvalue weighted by Crippen LogP contribution is -2.12. The Morgan fingerprint density at radius 3 is 2.90 bits per heavy atom. The van der Waals surface area contributed by atoms with E-state index in [9.17, 15) is 0 Å². The highest BCUT2D eigenvalue weighted by atomic mass is 15.3. The summed E-state index contributed by atoms with van der Waals surface area (Å²) in [5.41, 5.74) is 3.51. The van der Waals surface area contributed by atoms with Gasteiger partial charge in [0.1, 0.15) is 0 Å². The van der Waals surface area contributed by atoms with E-state index in [-0.39, 0.29) is 0 Å². The fourth-order valence-electron chi connectivity index (χ4n) is 2.32. The maximum Gasteiger partial charge on any atom is 0.0746 e. The van der Waals surface area contributed by atoms with Crippen LogP contribution in [0.1, 0.15) is 18.1 Å². The lowest BCUT2D eigenvalue weighted by molar-refractivity contribution is 0.656. The Balaban J connectivity index is 1.68. The minimum atomic E-state index is 0.811. The molecule has 0 unspecified atom stereocenters. The number of hydrogen-bond donors (Lipinski definition) is 1. The molecule has 2 aromatic heterocycles. The van der Waals surface area contributed by atoms with Gasteiger partial charge in [0.2, 0.25) is 0 Å². The van der Waals surface area contributed by atoms with E-state index in [0.717, 1.165) is 25.2 Å². The first-order valence-corrected chi connectivity index (χ1v) is 6.91. The molecule has 0 radical (unpaired) electrons. The van der Waals surface area contributed by atoms with Crippen LogP contribution >= 0.6 is 0 Å². The summed E-state index contributed by atoms with van der Waals surface area (Å²) < 4.78 is 1.94. The van der Waals surface area contributed by atoms with E-state index >= 15 is 0 Å². The monoisotopic (exact) mass is 266 g/mol.